The fraction of sp³-hybridized carbons (Fsp3) is 0.889. The normalized spacial score (nSPS) is 12.8. The summed E-state index contributed by atoms with van der Waals surface area (Å²) >= 11 is 1.88. The molecular formula is C9H18O2S. The van der Waals surface area contributed by atoms with Gasteiger partial charge in [-0.2, -0.15) is 11.8 Å². The number of aliphatic carboxylic acids is 1. The van der Waals surface area contributed by atoms with Crippen LogP contribution in [0.2, 0.25) is 0 Å². The van der Waals surface area contributed by atoms with Gasteiger partial charge < -0.3 is 5.11 Å². The number of carboxylic acid groups (broad SMARTS) is 1. The monoisotopic (exact) mass is 190 g/mol. The zero-order valence-electron chi connectivity index (χ0n) is 7.88. The Morgan fingerprint density at radius 1 is 1.50 bits per heavy atom. The molecule has 12 heavy (non-hydrogen) atoms. The molecule has 0 saturated carbocycles. The van der Waals surface area contributed by atoms with E-state index in [1.165, 1.54) is 0 Å². The van der Waals surface area contributed by atoms with Gasteiger partial charge in [-0.05, 0) is 30.8 Å². The van der Waals surface area contributed by atoms with Crippen LogP contribution in [0.1, 0.15) is 33.1 Å². The van der Waals surface area contributed by atoms with E-state index in [-0.39, 0.29) is 5.92 Å². The lowest BCUT2D eigenvalue weighted by molar-refractivity contribution is -0.142. The van der Waals surface area contributed by atoms with Crippen molar-refractivity contribution < 1.29 is 9.90 Å². The zero-order chi connectivity index (χ0) is 9.40. The van der Waals surface area contributed by atoms with Gasteiger partial charge in [-0.15, -0.1) is 0 Å². The van der Waals surface area contributed by atoms with Crippen molar-refractivity contribution in [2.24, 2.45) is 5.92 Å². The number of carboxylic acids is 1. The second kappa shape index (κ2) is 7.47. The summed E-state index contributed by atoms with van der Waals surface area (Å²) in [6, 6.07) is 0. The van der Waals surface area contributed by atoms with Crippen LogP contribution in [-0.2, 0) is 4.79 Å². The highest BCUT2D eigenvalue weighted by molar-refractivity contribution is 7.99. The van der Waals surface area contributed by atoms with Crippen molar-refractivity contribution in [3.63, 3.8) is 0 Å². The Bertz CT molecular complexity index is 126. The van der Waals surface area contributed by atoms with E-state index in [1.54, 1.807) is 0 Å². The van der Waals surface area contributed by atoms with Crippen LogP contribution in [0.4, 0.5) is 0 Å². The zero-order valence-corrected chi connectivity index (χ0v) is 8.69. The van der Waals surface area contributed by atoms with E-state index in [0.29, 0.717) is 0 Å². The molecule has 0 spiro atoms. The van der Waals surface area contributed by atoms with Gasteiger partial charge in [0, 0.05) is 0 Å². The lowest BCUT2D eigenvalue weighted by Gasteiger charge is -2.07. The van der Waals surface area contributed by atoms with Crippen molar-refractivity contribution in [2.45, 2.75) is 33.1 Å². The summed E-state index contributed by atoms with van der Waals surface area (Å²) in [5, 5.41) is 8.72. The maximum absolute atomic E-state index is 10.6. The highest BCUT2D eigenvalue weighted by atomic mass is 32.2. The van der Waals surface area contributed by atoms with Crippen LogP contribution in [0.15, 0.2) is 0 Å². The Morgan fingerprint density at radius 2 is 2.17 bits per heavy atom. The maximum atomic E-state index is 10.6. The number of hydrogen-bond donors (Lipinski definition) is 1. The molecule has 0 heterocycles. The molecule has 0 rings (SSSR count). The minimum absolute atomic E-state index is 0.123. The molecule has 0 aliphatic heterocycles. The molecule has 72 valence electrons. The number of thioether (sulfide) groups is 1. The minimum Gasteiger partial charge on any atom is -0.481 e. The molecular weight excluding hydrogens is 172 g/mol. The highest BCUT2D eigenvalue weighted by Crippen LogP contribution is 2.13. The molecule has 1 unspecified atom stereocenters. The van der Waals surface area contributed by atoms with E-state index >= 15 is 0 Å². The fourth-order valence-electron chi connectivity index (χ4n) is 1.08. The quantitative estimate of drug-likeness (QED) is 0.627. The van der Waals surface area contributed by atoms with E-state index in [2.05, 4.69) is 6.92 Å². The van der Waals surface area contributed by atoms with E-state index < -0.39 is 5.97 Å². The molecule has 0 bridgehead atoms. The van der Waals surface area contributed by atoms with Gasteiger partial charge in [0.15, 0.2) is 0 Å². The number of hydrogen-bond acceptors (Lipinski definition) is 2. The number of rotatable bonds is 7. The maximum Gasteiger partial charge on any atom is 0.306 e. The van der Waals surface area contributed by atoms with Gasteiger partial charge in [0.2, 0.25) is 0 Å². The average Bonchev–Trinajstić information content (AvgIpc) is 2.04. The third-order valence-electron chi connectivity index (χ3n) is 1.89. The van der Waals surface area contributed by atoms with E-state index in [1.807, 2.05) is 18.7 Å². The SMILES string of the molecule is CCSCCCC(CC)C(=O)O. The van der Waals surface area contributed by atoms with Gasteiger partial charge in [-0.3, -0.25) is 4.79 Å². The topological polar surface area (TPSA) is 37.3 Å². The molecule has 2 nitrogen and oxygen atoms in total. The third-order valence-corrected chi connectivity index (χ3v) is 2.87. The van der Waals surface area contributed by atoms with Crippen LogP contribution in [0.3, 0.4) is 0 Å². The summed E-state index contributed by atoms with van der Waals surface area (Å²) in [5.74, 6) is 1.46. The molecule has 0 saturated heterocycles. The molecule has 0 aliphatic rings. The summed E-state index contributed by atoms with van der Waals surface area (Å²) in [6.45, 7) is 4.06. The van der Waals surface area contributed by atoms with Gasteiger partial charge in [-0.25, -0.2) is 0 Å². The van der Waals surface area contributed by atoms with Crippen LogP contribution >= 0.6 is 11.8 Å². The summed E-state index contributed by atoms with van der Waals surface area (Å²) in [4.78, 5) is 10.6. The summed E-state index contributed by atoms with van der Waals surface area (Å²) in [5.41, 5.74) is 0. The van der Waals surface area contributed by atoms with Crippen LogP contribution in [0.5, 0.6) is 0 Å². The highest BCUT2D eigenvalue weighted by Gasteiger charge is 2.13. The van der Waals surface area contributed by atoms with E-state index in [9.17, 15) is 4.79 Å². The first-order valence-electron chi connectivity index (χ1n) is 4.52. The van der Waals surface area contributed by atoms with Crippen molar-refractivity contribution in [1.82, 2.24) is 0 Å². The average molecular weight is 190 g/mol. The first-order chi connectivity index (χ1) is 5.72. The predicted octanol–water partition coefficient (Wildman–Crippen LogP) is 2.63. The molecule has 0 radical (unpaired) electrons. The summed E-state index contributed by atoms with van der Waals surface area (Å²) in [7, 11) is 0. The minimum atomic E-state index is -0.640. The molecule has 0 aliphatic carbocycles. The molecule has 0 fully saturated rings. The van der Waals surface area contributed by atoms with Gasteiger partial charge >= 0.3 is 5.97 Å². The van der Waals surface area contributed by atoms with Crippen molar-refractivity contribution in [1.29, 1.82) is 0 Å². The molecule has 0 amide bonds. The Morgan fingerprint density at radius 3 is 2.58 bits per heavy atom. The van der Waals surface area contributed by atoms with Crippen molar-refractivity contribution in [3.8, 4) is 0 Å². The standard InChI is InChI=1S/C9H18O2S/c1-3-8(9(10)11)6-5-7-12-4-2/h8H,3-7H2,1-2H3,(H,10,11). The van der Waals surface area contributed by atoms with Gasteiger partial charge in [-0.1, -0.05) is 13.8 Å². The smallest absolute Gasteiger partial charge is 0.306 e. The van der Waals surface area contributed by atoms with Gasteiger partial charge in [0.25, 0.3) is 0 Å². The largest absolute Gasteiger partial charge is 0.481 e. The lowest BCUT2D eigenvalue weighted by Crippen LogP contribution is -2.12. The number of carbonyl (C=O) groups is 1. The van der Waals surface area contributed by atoms with Crippen molar-refractivity contribution in [2.75, 3.05) is 11.5 Å². The Hall–Kier alpha value is -0.180. The Labute approximate surface area is 78.7 Å². The first kappa shape index (κ1) is 11.8. The second-order valence-electron chi connectivity index (χ2n) is 2.78. The van der Waals surface area contributed by atoms with Crippen LogP contribution in [0.25, 0.3) is 0 Å². The van der Waals surface area contributed by atoms with Crippen LogP contribution < -0.4 is 0 Å². The first-order valence-corrected chi connectivity index (χ1v) is 5.68. The van der Waals surface area contributed by atoms with Crippen molar-refractivity contribution >= 4 is 17.7 Å². The van der Waals surface area contributed by atoms with Gasteiger partial charge in [0.05, 0.1) is 5.92 Å². The lowest BCUT2D eigenvalue weighted by atomic mass is 10.0. The molecule has 3 heteroatoms. The molecule has 0 aromatic heterocycles. The molecule has 0 aromatic carbocycles. The van der Waals surface area contributed by atoms with Crippen LogP contribution in [-0.4, -0.2) is 22.6 Å². The Balaban J connectivity index is 3.38. The van der Waals surface area contributed by atoms with Gasteiger partial charge in [0.1, 0.15) is 0 Å². The summed E-state index contributed by atoms with van der Waals surface area (Å²) < 4.78 is 0. The third kappa shape index (κ3) is 5.47. The predicted molar refractivity (Wildman–Crippen MR) is 53.6 cm³/mol. The van der Waals surface area contributed by atoms with E-state index in [0.717, 1.165) is 30.8 Å². The summed E-state index contributed by atoms with van der Waals surface area (Å²) in [6.07, 6.45) is 2.62. The van der Waals surface area contributed by atoms with Crippen LogP contribution in [0, 0.1) is 5.92 Å². The Kier molecular flexibility index (Phi) is 7.36. The molecule has 1 atom stereocenters. The van der Waals surface area contributed by atoms with E-state index in [4.69, 9.17) is 5.11 Å². The fourth-order valence-corrected chi connectivity index (χ4v) is 1.74. The molecule has 0 aromatic rings. The second-order valence-corrected chi connectivity index (χ2v) is 4.18. The van der Waals surface area contributed by atoms with Crippen molar-refractivity contribution in [3.05, 3.63) is 0 Å². The molecule has 1 N–H and O–H groups in total.